The Balaban J connectivity index is 2.51. The molecule has 0 atom stereocenters. The van der Waals surface area contributed by atoms with Crippen LogP contribution in [-0.2, 0) is 6.54 Å². The van der Waals surface area contributed by atoms with E-state index in [0.29, 0.717) is 6.04 Å². The van der Waals surface area contributed by atoms with Gasteiger partial charge in [-0.3, -0.25) is 0 Å². The number of rotatable bonds is 7. The highest BCUT2D eigenvalue weighted by molar-refractivity contribution is 7.99. The summed E-state index contributed by atoms with van der Waals surface area (Å²) < 4.78 is 0. The van der Waals surface area contributed by atoms with Gasteiger partial charge in [-0.15, -0.1) is 11.8 Å². The van der Waals surface area contributed by atoms with Crippen molar-refractivity contribution in [1.29, 1.82) is 0 Å². The van der Waals surface area contributed by atoms with Crippen LogP contribution in [0.4, 0.5) is 0 Å². The molecule has 1 aromatic carbocycles. The van der Waals surface area contributed by atoms with Gasteiger partial charge in [0.05, 0.1) is 0 Å². The van der Waals surface area contributed by atoms with E-state index in [1.54, 1.807) is 0 Å². The van der Waals surface area contributed by atoms with Crippen LogP contribution in [0.2, 0.25) is 0 Å². The summed E-state index contributed by atoms with van der Waals surface area (Å²) in [5, 5.41) is 3.47. The monoisotopic (exact) mass is 265 g/mol. The first kappa shape index (κ1) is 15.6. The first-order chi connectivity index (χ1) is 8.49. The lowest BCUT2D eigenvalue weighted by atomic mass is 10.1. The Hall–Kier alpha value is -0.470. The van der Waals surface area contributed by atoms with E-state index in [1.807, 2.05) is 11.8 Å². The van der Waals surface area contributed by atoms with Crippen LogP contribution in [0.5, 0.6) is 0 Å². The molecule has 1 rings (SSSR count). The predicted octanol–water partition coefficient (Wildman–Crippen LogP) is 4.63. The smallest absolute Gasteiger partial charge is 0.0210 e. The van der Waals surface area contributed by atoms with Crippen molar-refractivity contribution in [3.8, 4) is 0 Å². The maximum Gasteiger partial charge on any atom is 0.0210 e. The molecular formula is C16H27NS. The fourth-order valence-corrected chi connectivity index (χ4v) is 2.93. The molecule has 0 amide bonds. The van der Waals surface area contributed by atoms with E-state index in [1.165, 1.54) is 28.2 Å². The second kappa shape index (κ2) is 7.85. The summed E-state index contributed by atoms with van der Waals surface area (Å²) in [6.07, 6.45) is 1.29. The molecular weight excluding hydrogens is 238 g/mol. The second-order valence-electron chi connectivity index (χ2n) is 5.65. The lowest BCUT2D eigenvalue weighted by molar-refractivity contribution is 0.587. The van der Waals surface area contributed by atoms with Gasteiger partial charge in [-0.25, -0.2) is 0 Å². The van der Waals surface area contributed by atoms with Crippen LogP contribution >= 0.6 is 11.8 Å². The quantitative estimate of drug-likeness (QED) is 0.721. The van der Waals surface area contributed by atoms with Gasteiger partial charge in [0.15, 0.2) is 0 Å². The van der Waals surface area contributed by atoms with Gasteiger partial charge in [0, 0.05) is 17.5 Å². The van der Waals surface area contributed by atoms with Crippen LogP contribution in [0.15, 0.2) is 23.1 Å². The second-order valence-corrected chi connectivity index (χ2v) is 6.82. The molecule has 0 saturated heterocycles. The van der Waals surface area contributed by atoms with Gasteiger partial charge >= 0.3 is 0 Å². The van der Waals surface area contributed by atoms with Crippen LogP contribution in [0.1, 0.15) is 45.2 Å². The summed E-state index contributed by atoms with van der Waals surface area (Å²) in [7, 11) is 0. The Morgan fingerprint density at radius 2 is 1.89 bits per heavy atom. The zero-order valence-electron chi connectivity index (χ0n) is 12.4. The van der Waals surface area contributed by atoms with E-state index in [-0.39, 0.29) is 0 Å². The summed E-state index contributed by atoms with van der Waals surface area (Å²) in [5.41, 5.74) is 2.81. The zero-order valence-corrected chi connectivity index (χ0v) is 13.2. The van der Waals surface area contributed by atoms with Crippen molar-refractivity contribution in [2.24, 2.45) is 5.92 Å². The molecule has 0 heterocycles. The molecule has 0 bridgehead atoms. The van der Waals surface area contributed by atoms with Gasteiger partial charge in [0.1, 0.15) is 0 Å². The molecule has 0 aliphatic carbocycles. The highest BCUT2D eigenvalue weighted by Crippen LogP contribution is 2.23. The molecule has 0 saturated carbocycles. The summed E-state index contributed by atoms with van der Waals surface area (Å²) in [5.74, 6) is 2.02. The average Bonchev–Trinajstić information content (AvgIpc) is 2.27. The van der Waals surface area contributed by atoms with Crippen molar-refractivity contribution in [1.82, 2.24) is 5.32 Å². The van der Waals surface area contributed by atoms with Gasteiger partial charge in [-0.05, 0) is 48.3 Å². The summed E-state index contributed by atoms with van der Waals surface area (Å²) in [4.78, 5) is 1.40. The number of aryl methyl sites for hydroxylation is 1. The molecule has 0 fully saturated rings. The molecule has 1 nitrogen and oxygen atoms in total. The largest absolute Gasteiger partial charge is 0.310 e. The molecule has 0 aliphatic heterocycles. The van der Waals surface area contributed by atoms with E-state index < -0.39 is 0 Å². The van der Waals surface area contributed by atoms with Crippen LogP contribution in [0.3, 0.4) is 0 Å². The molecule has 18 heavy (non-hydrogen) atoms. The Kier molecular flexibility index (Phi) is 6.80. The van der Waals surface area contributed by atoms with Crippen molar-refractivity contribution >= 4 is 11.8 Å². The lowest BCUT2D eigenvalue weighted by Crippen LogP contribution is -2.22. The van der Waals surface area contributed by atoms with E-state index >= 15 is 0 Å². The maximum atomic E-state index is 3.47. The molecule has 2 heteroatoms. The molecule has 0 radical (unpaired) electrons. The highest BCUT2D eigenvalue weighted by atomic mass is 32.2. The lowest BCUT2D eigenvalue weighted by Gasteiger charge is -2.12. The third-order valence-electron chi connectivity index (χ3n) is 2.98. The Morgan fingerprint density at radius 3 is 2.44 bits per heavy atom. The molecule has 1 N–H and O–H groups in total. The first-order valence-electron chi connectivity index (χ1n) is 6.94. The number of nitrogens with one attached hydrogen (secondary N) is 1. The van der Waals surface area contributed by atoms with E-state index in [0.717, 1.165) is 12.5 Å². The minimum Gasteiger partial charge on any atom is -0.310 e. The van der Waals surface area contributed by atoms with Crippen molar-refractivity contribution < 1.29 is 0 Å². The molecule has 0 aliphatic rings. The van der Waals surface area contributed by atoms with Crippen molar-refractivity contribution in [2.45, 2.75) is 58.5 Å². The number of thioether (sulfide) groups is 1. The number of benzene rings is 1. The van der Waals surface area contributed by atoms with Crippen LogP contribution in [0, 0.1) is 12.8 Å². The Morgan fingerprint density at radius 1 is 1.17 bits per heavy atom. The van der Waals surface area contributed by atoms with E-state index in [9.17, 15) is 0 Å². The predicted molar refractivity (Wildman–Crippen MR) is 83.3 cm³/mol. The third-order valence-corrected chi connectivity index (χ3v) is 4.01. The van der Waals surface area contributed by atoms with Crippen LogP contribution in [0.25, 0.3) is 0 Å². The van der Waals surface area contributed by atoms with E-state index in [2.05, 4.69) is 58.1 Å². The fraction of sp³-hybridized carbons (Fsp3) is 0.625. The average molecular weight is 265 g/mol. The van der Waals surface area contributed by atoms with E-state index in [4.69, 9.17) is 0 Å². The SMILES string of the molecule is Cc1cc(SCCC(C)C)ccc1CNC(C)C. The zero-order chi connectivity index (χ0) is 13.5. The molecule has 102 valence electrons. The molecule has 0 unspecified atom stereocenters. The number of hydrogen-bond donors (Lipinski definition) is 1. The minimum atomic E-state index is 0.546. The van der Waals surface area contributed by atoms with Crippen LogP contribution < -0.4 is 5.32 Å². The van der Waals surface area contributed by atoms with Crippen molar-refractivity contribution in [3.05, 3.63) is 29.3 Å². The molecule has 0 aromatic heterocycles. The van der Waals surface area contributed by atoms with Gasteiger partial charge in [-0.2, -0.15) is 0 Å². The van der Waals surface area contributed by atoms with Gasteiger partial charge in [-0.1, -0.05) is 33.8 Å². The maximum absolute atomic E-state index is 3.47. The molecule has 0 spiro atoms. The topological polar surface area (TPSA) is 12.0 Å². The van der Waals surface area contributed by atoms with Crippen LogP contribution in [-0.4, -0.2) is 11.8 Å². The minimum absolute atomic E-state index is 0.546. The van der Waals surface area contributed by atoms with Gasteiger partial charge in [0.25, 0.3) is 0 Å². The first-order valence-corrected chi connectivity index (χ1v) is 7.93. The fourth-order valence-electron chi connectivity index (χ4n) is 1.68. The van der Waals surface area contributed by atoms with Gasteiger partial charge in [0.2, 0.25) is 0 Å². The Bertz CT molecular complexity index is 358. The standard InChI is InChI=1S/C16H27NS/c1-12(2)8-9-18-16-7-6-15(14(5)10-16)11-17-13(3)4/h6-7,10,12-13,17H,8-9,11H2,1-5H3. The Labute approximate surface area is 117 Å². The summed E-state index contributed by atoms with van der Waals surface area (Å²) >= 11 is 1.98. The summed E-state index contributed by atoms with van der Waals surface area (Å²) in [6.45, 7) is 12.1. The molecule has 1 aromatic rings. The summed E-state index contributed by atoms with van der Waals surface area (Å²) in [6, 6.07) is 7.39. The third kappa shape index (κ3) is 5.92. The van der Waals surface area contributed by atoms with Crippen molar-refractivity contribution in [3.63, 3.8) is 0 Å². The highest BCUT2D eigenvalue weighted by Gasteiger charge is 2.02. The number of hydrogen-bond acceptors (Lipinski definition) is 2. The van der Waals surface area contributed by atoms with Gasteiger partial charge < -0.3 is 5.32 Å². The van der Waals surface area contributed by atoms with Crippen molar-refractivity contribution in [2.75, 3.05) is 5.75 Å². The normalized spacial score (nSPS) is 11.5.